The monoisotopic (exact) mass is 525 g/mol. The van der Waals surface area contributed by atoms with E-state index in [1.165, 1.54) is 7.11 Å². The highest BCUT2D eigenvalue weighted by atomic mass is 16.5. The number of carbonyl (C=O) groups is 2. The molecule has 0 bridgehead atoms. The van der Waals surface area contributed by atoms with Gasteiger partial charge in [0.1, 0.15) is 23.3 Å². The quantitative estimate of drug-likeness (QED) is 0.295. The fourth-order valence-corrected chi connectivity index (χ4v) is 4.25. The van der Waals surface area contributed by atoms with Crippen molar-refractivity contribution in [2.75, 3.05) is 26.6 Å². The van der Waals surface area contributed by atoms with Gasteiger partial charge in [-0.1, -0.05) is 48.5 Å². The molecule has 1 unspecified atom stereocenters. The fourth-order valence-electron chi connectivity index (χ4n) is 4.25. The summed E-state index contributed by atoms with van der Waals surface area (Å²) in [7, 11) is 4.65. The minimum absolute atomic E-state index is 0.132. The van der Waals surface area contributed by atoms with Gasteiger partial charge in [0.05, 0.1) is 33.4 Å². The molecule has 0 saturated carbocycles. The number of nitrogens with zero attached hydrogens (tertiary/aromatic N) is 2. The number of nitrogens with one attached hydrogen (secondary N) is 1. The Morgan fingerprint density at radius 2 is 1.51 bits per heavy atom. The van der Waals surface area contributed by atoms with Crippen molar-refractivity contribution in [3.63, 3.8) is 0 Å². The van der Waals surface area contributed by atoms with Crippen LogP contribution >= 0.6 is 0 Å². The van der Waals surface area contributed by atoms with Gasteiger partial charge in [-0.3, -0.25) is 14.6 Å². The topological polar surface area (TPSA) is 90.0 Å². The van der Waals surface area contributed by atoms with Gasteiger partial charge < -0.3 is 24.4 Å². The molecule has 39 heavy (non-hydrogen) atoms. The Hall–Kier alpha value is -4.85. The smallest absolute Gasteiger partial charge is 0.251 e. The van der Waals surface area contributed by atoms with Crippen LogP contribution in [0, 0.1) is 0 Å². The molecule has 4 rings (SSSR count). The number of aromatic nitrogens is 1. The number of rotatable bonds is 11. The second-order valence-corrected chi connectivity index (χ2v) is 8.78. The van der Waals surface area contributed by atoms with Crippen molar-refractivity contribution in [1.82, 2.24) is 9.88 Å². The molecular weight excluding hydrogens is 494 g/mol. The van der Waals surface area contributed by atoms with E-state index in [1.807, 2.05) is 36.4 Å². The molecule has 1 heterocycles. The summed E-state index contributed by atoms with van der Waals surface area (Å²) >= 11 is 0. The first-order chi connectivity index (χ1) is 19.0. The lowest BCUT2D eigenvalue weighted by Crippen LogP contribution is -2.41. The highest BCUT2D eigenvalue weighted by molar-refractivity contribution is 5.99. The number of ether oxygens (including phenoxy) is 3. The van der Waals surface area contributed by atoms with Gasteiger partial charge in [0, 0.05) is 25.0 Å². The molecule has 0 spiro atoms. The molecule has 2 amide bonds. The summed E-state index contributed by atoms with van der Waals surface area (Å²) in [5.41, 5.74) is 2.74. The molecule has 0 aliphatic rings. The Bertz CT molecular complexity index is 1380. The van der Waals surface area contributed by atoms with E-state index in [0.29, 0.717) is 28.5 Å². The zero-order valence-corrected chi connectivity index (χ0v) is 22.2. The van der Waals surface area contributed by atoms with E-state index in [9.17, 15) is 9.59 Å². The number of methoxy groups -OCH3 is 3. The van der Waals surface area contributed by atoms with E-state index in [1.54, 1.807) is 80.0 Å². The van der Waals surface area contributed by atoms with E-state index in [0.717, 1.165) is 11.1 Å². The zero-order valence-electron chi connectivity index (χ0n) is 22.2. The molecule has 200 valence electrons. The minimum Gasteiger partial charge on any atom is -0.497 e. The normalized spacial score (nSPS) is 11.3. The fraction of sp³-hybridized carbons (Fsp3) is 0.194. The average molecular weight is 526 g/mol. The summed E-state index contributed by atoms with van der Waals surface area (Å²) in [5.74, 6) is 1.07. The predicted molar refractivity (Wildman–Crippen MR) is 149 cm³/mol. The van der Waals surface area contributed by atoms with Crippen molar-refractivity contribution in [1.29, 1.82) is 0 Å². The molecular formula is C31H31N3O5. The van der Waals surface area contributed by atoms with Gasteiger partial charge in [-0.25, -0.2) is 0 Å². The van der Waals surface area contributed by atoms with Gasteiger partial charge in [0.25, 0.3) is 5.91 Å². The molecule has 3 aromatic carbocycles. The highest BCUT2D eigenvalue weighted by Crippen LogP contribution is 2.32. The van der Waals surface area contributed by atoms with Crippen molar-refractivity contribution in [3.8, 4) is 17.2 Å². The summed E-state index contributed by atoms with van der Waals surface area (Å²) in [4.78, 5) is 33.7. The molecule has 8 heteroatoms. The second kappa shape index (κ2) is 13.1. The average Bonchev–Trinajstić information content (AvgIpc) is 2.98. The first-order valence-corrected chi connectivity index (χ1v) is 12.4. The molecule has 1 atom stereocenters. The molecule has 0 radical (unpaired) electrons. The van der Waals surface area contributed by atoms with Crippen LogP contribution in [-0.4, -0.2) is 43.0 Å². The van der Waals surface area contributed by atoms with E-state index in [4.69, 9.17) is 14.2 Å². The predicted octanol–water partition coefficient (Wildman–Crippen LogP) is 5.06. The number of amides is 2. The third kappa shape index (κ3) is 6.93. The van der Waals surface area contributed by atoms with Crippen LogP contribution in [0.15, 0.2) is 97.3 Å². The van der Waals surface area contributed by atoms with Gasteiger partial charge in [-0.05, 0) is 47.0 Å². The van der Waals surface area contributed by atoms with Crippen molar-refractivity contribution < 1.29 is 23.8 Å². The molecule has 0 aliphatic carbocycles. The van der Waals surface area contributed by atoms with Crippen LogP contribution in [0.3, 0.4) is 0 Å². The molecule has 4 aromatic rings. The van der Waals surface area contributed by atoms with Crippen LogP contribution in [0.5, 0.6) is 17.2 Å². The lowest BCUT2D eigenvalue weighted by molar-refractivity contribution is -0.139. The summed E-state index contributed by atoms with van der Waals surface area (Å²) < 4.78 is 16.1. The maximum absolute atomic E-state index is 14.0. The van der Waals surface area contributed by atoms with Gasteiger partial charge in [-0.2, -0.15) is 0 Å². The molecule has 0 aliphatic heterocycles. The number of pyridine rings is 1. The number of benzene rings is 3. The van der Waals surface area contributed by atoms with Gasteiger partial charge in [-0.15, -0.1) is 0 Å². The van der Waals surface area contributed by atoms with Gasteiger partial charge in [0.15, 0.2) is 0 Å². The Kier molecular flexibility index (Phi) is 9.13. The first-order valence-electron chi connectivity index (χ1n) is 12.4. The van der Waals surface area contributed by atoms with Crippen molar-refractivity contribution in [2.24, 2.45) is 0 Å². The number of hydrogen-bond donors (Lipinski definition) is 1. The number of hydrogen-bond acceptors (Lipinski definition) is 6. The van der Waals surface area contributed by atoms with Crippen LogP contribution < -0.4 is 19.5 Å². The SMILES string of the molecule is COc1ccc(C(C(=O)Nc2ccc(OC)cc2OC)N(Cc2cccnc2)C(=O)Cc2ccccc2)cc1. The highest BCUT2D eigenvalue weighted by Gasteiger charge is 2.32. The van der Waals surface area contributed by atoms with Gasteiger partial charge >= 0.3 is 0 Å². The van der Waals surface area contributed by atoms with Crippen molar-refractivity contribution >= 4 is 17.5 Å². The number of anilines is 1. The summed E-state index contributed by atoms with van der Waals surface area (Å²) in [6.45, 7) is 0.184. The largest absolute Gasteiger partial charge is 0.497 e. The van der Waals surface area contributed by atoms with Crippen LogP contribution in [-0.2, 0) is 22.6 Å². The van der Waals surface area contributed by atoms with E-state index >= 15 is 0 Å². The molecule has 1 aromatic heterocycles. The van der Waals surface area contributed by atoms with Crippen LogP contribution in [0.25, 0.3) is 0 Å². The van der Waals surface area contributed by atoms with Crippen molar-refractivity contribution in [3.05, 3.63) is 114 Å². The zero-order chi connectivity index (χ0) is 27.6. The molecule has 0 fully saturated rings. The van der Waals surface area contributed by atoms with Gasteiger partial charge in [0.2, 0.25) is 5.91 Å². The van der Waals surface area contributed by atoms with Crippen LogP contribution in [0.1, 0.15) is 22.7 Å². The van der Waals surface area contributed by atoms with E-state index in [-0.39, 0.29) is 18.9 Å². The lowest BCUT2D eigenvalue weighted by atomic mass is 10.0. The summed E-state index contributed by atoms with van der Waals surface area (Å²) in [6, 6.07) is 24.4. The number of carbonyl (C=O) groups excluding carboxylic acids is 2. The lowest BCUT2D eigenvalue weighted by Gasteiger charge is -2.32. The first kappa shape index (κ1) is 27.2. The molecule has 1 N–H and O–H groups in total. The Balaban J connectivity index is 1.75. The summed E-state index contributed by atoms with van der Waals surface area (Å²) in [6.07, 6.45) is 3.49. The minimum atomic E-state index is -0.959. The Labute approximate surface area is 228 Å². The van der Waals surface area contributed by atoms with Crippen LogP contribution in [0.4, 0.5) is 5.69 Å². The second-order valence-electron chi connectivity index (χ2n) is 8.78. The standard InChI is InChI=1S/C31H31N3O5/c1-37-25-13-11-24(12-14-25)30(31(36)33-27-16-15-26(38-2)19-28(27)39-3)34(21-23-10-7-17-32-20-23)29(35)18-22-8-5-4-6-9-22/h4-17,19-20,30H,18,21H2,1-3H3,(H,33,36). The molecule has 0 saturated heterocycles. The third-order valence-corrected chi connectivity index (χ3v) is 6.25. The van der Waals surface area contributed by atoms with E-state index < -0.39 is 11.9 Å². The maximum atomic E-state index is 14.0. The Morgan fingerprint density at radius 1 is 0.821 bits per heavy atom. The Morgan fingerprint density at radius 3 is 2.15 bits per heavy atom. The van der Waals surface area contributed by atoms with Crippen molar-refractivity contribution in [2.45, 2.75) is 19.0 Å². The third-order valence-electron chi connectivity index (χ3n) is 6.25. The summed E-state index contributed by atoms with van der Waals surface area (Å²) in [5, 5.41) is 2.96. The van der Waals surface area contributed by atoms with E-state index in [2.05, 4.69) is 10.3 Å². The molecule has 8 nitrogen and oxygen atoms in total. The van der Waals surface area contributed by atoms with Crippen LogP contribution in [0.2, 0.25) is 0 Å². The maximum Gasteiger partial charge on any atom is 0.251 e.